The lowest BCUT2D eigenvalue weighted by atomic mass is 10.1. The van der Waals surface area contributed by atoms with Gasteiger partial charge in [0.2, 0.25) is 0 Å². The SMILES string of the molecule is CNC(=O)c1ccc(NC(=O)c2ccc(CN(C)C)cc2)c(C)c1. The van der Waals surface area contributed by atoms with Crippen molar-refractivity contribution in [1.82, 2.24) is 10.2 Å². The Kier molecular flexibility index (Phi) is 5.71. The lowest BCUT2D eigenvalue weighted by molar-refractivity contribution is 0.0962. The van der Waals surface area contributed by atoms with Crippen LogP contribution in [-0.4, -0.2) is 37.9 Å². The van der Waals surface area contributed by atoms with E-state index in [4.69, 9.17) is 0 Å². The number of carbonyl (C=O) groups is 2. The van der Waals surface area contributed by atoms with E-state index in [1.54, 1.807) is 25.2 Å². The molecule has 0 heterocycles. The Balaban J connectivity index is 2.10. The third-order valence-electron chi connectivity index (χ3n) is 3.68. The van der Waals surface area contributed by atoms with Crippen molar-refractivity contribution in [2.24, 2.45) is 0 Å². The highest BCUT2D eigenvalue weighted by atomic mass is 16.2. The zero-order valence-electron chi connectivity index (χ0n) is 14.5. The number of aryl methyl sites for hydroxylation is 1. The van der Waals surface area contributed by atoms with E-state index in [0.29, 0.717) is 16.8 Å². The lowest BCUT2D eigenvalue weighted by Gasteiger charge is -2.12. The molecule has 2 rings (SSSR count). The van der Waals surface area contributed by atoms with Gasteiger partial charge in [0.05, 0.1) is 0 Å². The molecule has 0 aromatic heterocycles. The number of carbonyl (C=O) groups excluding carboxylic acids is 2. The molecule has 5 nitrogen and oxygen atoms in total. The summed E-state index contributed by atoms with van der Waals surface area (Å²) in [7, 11) is 5.60. The average Bonchev–Trinajstić information content (AvgIpc) is 2.56. The number of anilines is 1. The summed E-state index contributed by atoms with van der Waals surface area (Å²) in [5.74, 6) is -0.311. The predicted molar refractivity (Wildman–Crippen MR) is 96.4 cm³/mol. The molecule has 0 aliphatic heterocycles. The molecule has 0 radical (unpaired) electrons. The Bertz CT molecular complexity index is 737. The maximum atomic E-state index is 12.4. The quantitative estimate of drug-likeness (QED) is 0.888. The summed E-state index contributed by atoms with van der Waals surface area (Å²) in [6.45, 7) is 2.70. The number of nitrogens with zero attached hydrogens (tertiary/aromatic N) is 1. The van der Waals surface area contributed by atoms with E-state index in [2.05, 4.69) is 15.5 Å². The van der Waals surface area contributed by atoms with E-state index in [-0.39, 0.29) is 11.8 Å². The second-order valence-corrected chi connectivity index (χ2v) is 6.00. The minimum Gasteiger partial charge on any atom is -0.355 e. The molecular formula is C19H23N3O2. The third-order valence-corrected chi connectivity index (χ3v) is 3.68. The number of amides is 2. The van der Waals surface area contributed by atoms with Crippen molar-refractivity contribution < 1.29 is 9.59 Å². The second-order valence-electron chi connectivity index (χ2n) is 6.00. The molecule has 5 heteroatoms. The van der Waals surface area contributed by atoms with E-state index in [1.165, 1.54) is 0 Å². The Morgan fingerprint density at radius 3 is 2.12 bits per heavy atom. The number of benzene rings is 2. The van der Waals surface area contributed by atoms with Crippen molar-refractivity contribution in [2.45, 2.75) is 13.5 Å². The van der Waals surface area contributed by atoms with Gasteiger partial charge in [0, 0.05) is 30.4 Å². The first kappa shape index (κ1) is 17.7. The van der Waals surface area contributed by atoms with Gasteiger partial charge in [-0.05, 0) is 62.5 Å². The van der Waals surface area contributed by atoms with Crippen LogP contribution in [-0.2, 0) is 6.54 Å². The van der Waals surface area contributed by atoms with Gasteiger partial charge >= 0.3 is 0 Å². The summed E-state index contributed by atoms with van der Waals surface area (Å²) < 4.78 is 0. The van der Waals surface area contributed by atoms with Crippen LogP contribution in [0.1, 0.15) is 31.8 Å². The fourth-order valence-corrected chi connectivity index (χ4v) is 2.41. The molecule has 0 spiro atoms. The average molecular weight is 325 g/mol. The molecule has 2 aromatic carbocycles. The van der Waals surface area contributed by atoms with Gasteiger partial charge in [-0.25, -0.2) is 0 Å². The molecule has 0 atom stereocenters. The van der Waals surface area contributed by atoms with Crippen LogP contribution < -0.4 is 10.6 Å². The van der Waals surface area contributed by atoms with Crippen LogP contribution in [0, 0.1) is 6.92 Å². The molecule has 2 amide bonds. The first-order chi connectivity index (χ1) is 11.4. The van der Waals surface area contributed by atoms with Crippen LogP contribution in [0.3, 0.4) is 0 Å². The lowest BCUT2D eigenvalue weighted by Crippen LogP contribution is -2.18. The molecule has 2 N–H and O–H groups in total. The molecule has 0 aliphatic carbocycles. The van der Waals surface area contributed by atoms with Gasteiger partial charge in [0.25, 0.3) is 11.8 Å². The van der Waals surface area contributed by atoms with E-state index >= 15 is 0 Å². The fourth-order valence-electron chi connectivity index (χ4n) is 2.41. The molecule has 0 fully saturated rings. The van der Waals surface area contributed by atoms with Crippen molar-refractivity contribution in [3.05, 3.63) is 64.7 Å². The zero-order chi connectivity index (χ0) is 17.7. The number of hydrogen-bond donors (Lipinski definition) is 2. The van der Waals surface area contributed by atoms with Crippen LogP contribution in [0.5, 0.6) is 0 Å². The van der Waals surface area contributed by atoms with Gasteiger partial charge < -0.3 is 15.5 Å². The van der Waals surface area contributed by atoms with Crippen LogP contribution in [0.15, 0.2) is 42.5 Å². The van der Waals surface area contributed by atoms with Gasteiger partial charge in [-0.2, -0.15) is 0 Å². The molecule has 0 aliphatic rings. The van der Waals surface area contributed by atoms with Gasteiger partial charge in [-0.3, -0.25) is 9.59 Å². The van der Waals surface area contributed by atoms with Gasteiger partial charge in [0.15, 0.2) is 0 Å². The van der Waals surface area contributed by atoms with Crippen molar-refractivity contribution in [3.8, 4) is 0 Å². The number of rotatable bonds is 5. The first-order valence-corrected chi connectivity index (χ1v) is 7.78. The fraction of sp³-hybridized carbons (Fsp3) is 0.263. The minimum absolute atomic E-state index is 0.146. The number of nitrogens with one attached hydrogen (secondary N) is 2. The molecule has 0 bridgehead atoms. The molecule has 0 saturated carbocycles. The Morgan fingerprint density at radius 1 is 0.958 bits per heavy atom. The zero-order valence-corrected chi connectivity index (χ0v) is 14.5. The Morgan fingerprint density at radius 2 is 1.58 bits per heavy atom. The summed E-state index contributed by atoms with van der Waals surface area (Å²) in [5.41, 5.74) is 3.87. The van der Waals surface area contributed by atoms with Crippen LogP contribution in [0.4, 0.5) is 5.69 Å². The molecule has 126 valence electrons. The highest BCUT2D eigenvalue weighted by molar-refractivity contribution is 6.05. The van der Waals surface area contributed by atoms with Gasteiger partial charge in [0.1, 0.15) is 0 Å². The van der Waals surface area contributed by atoms with Crippen molar-refractivity contribution in [3.63, 3.8) is 0 Å². The van der Waals surface area contributed by atoms with E-state index in [9.17, 15) is 9.59 Å². The van der Waals surface area contributed by atoms with E-state index in [1.807, 2.05) is 45.3 Å². The van der Waals surface area contributed by atoms with Crippen molar-refractivity contribution in [2.75, 3.05) is 26.5 Å². The molecule has 24 heavy (non-hydrogen) atoms. The van der Waals surface area contributed by atoms with E-state index in [0.717, 1.165) is 17.7 Å². The Labute approximate surface area is 142 Å². The summed E-state index contributed by atoms with van der Waals surface area (Å²) >= 11 is 0. The molecule has 0 saturated heterocycles. The van der Waals surface area contributed by atoms with Gasteiger partial charge in [-0.15, -0.1) is 0 Å². The summed E-state index contributed by atoms with van der Waals surface area (Å²) in [6.07, 6.45) is 0. The van der Waals surface area contributed by atoms with Gasteiger partial charge in [-0.1, -0.05) is 12.1 Å². The van der Waals surface area contributed by atoms with Crippen LogP contribution >= 0.6 is 0 Å². The Hall–Kier alpha value is -2.66. The molecular weight excluding hydrogens is 302 g/mol. The van der Waals surface area contributed by atoms with Crippen molar-refractivity contribution >= 4 is 17.5 Å². The predicted octanol–water partition coefficient (Wildman–Crippen LogP) is 2.67. The number of hydrogen-bond acceptors (Lipinski definition) is 3. The standard InChI is InChI=1S/C19H23N3O2/c1-13-11-16(18(23)20-2)9-10-17(13)21-19(24)15-7-5-14(6-8-15)12-22(3)4/h5-11H,12H2,1-4H3,(H,20,23)(H,21,24). The monoisotopic (exact) mass is 325 g/mol. The third kappa shape index (κ3) is 4.43. The molecule has 2 aromatic rings. The topological polar surface area (TPSA) is 61.4 Å². The smallest absolute Gasteiger partial charge is 0.255 e. The highest BCUT2D eigenvalue weighted by Gasteiger charge is 2.10. The van der Waals surface area contributed by atoms with Crippen molar-refractivity contribution in [1.29, 1.82) is 0 Å². The van der Waals surface area contributed by atoms with E-state index < -0.39 is 0 Å². The second kappa shape index (κ2) is 7.75. The minimum atomic E-state index is -0.165. The maximum Gasteiger partial charge on any atom is 0.255 e. The van der Waals surface area contributed by atoms with Crippen LogP contribution in [0.25, 0.3) is 0 Å². The summed E-state index contributed by atoms with van der Waals surface area (Å²) in [4.78, 5) is 26.1. The van der Waals surface area contributed by atoms with Crippen LogP contribution in [0.2, 0.25) is 0 Å². The summed E-state index contributed by atoms with van der Waals surface area (Å²) in [5, 5.41) is 5.47. The molecule has 0 unspecified atom stereocenters. The maximum absolute atomic E-state index is 12.4. The first-order valence-electron chi connectivity index (χ1n) is 7.78. The normalized spacial score (nSPS) is 10.5. The largest absolute Gasteiger partial charge is 0.355 e. The highest BCUT2D eigenvalue weighted by Crippen LogP contribution is 2.18. The summed E-state index contributed by atoms with van der Waals surface area (Å²) in [6, 6.07) is 12.8.